The Labute approximate surface area is 122 Å². The number of ether oxygens (including phenoxy) is 4. The zero-order valence-electron chi connectivity index (χ0n) is 12.8. The van der Waals surface area contributed by atoms with Crippen LogP contribution in [0.4, 0.5) is 0 Å². The average molecular weight is 294 g/mol. The molecule has 0 heterocycles. The number of para-hydroxylation sites is 1. The van der Waals surface area contributed by atoms with E-state index in [-0.39, 0.29) is 13.6 Å². The molecule has 20 heavy (non-hydrogen) atoms. The summed E-state index contributed by atoms with van der Waals surface area (Å²) in [6, 6.07) is 5.63. The quantitative estimate of drug-likeness (QED) is 0.459. The highest BCUT2D eigenvalue weighted by Crippen LogP contribution is 2.31. The molecule has 0 bridgehead atoms. The first-order valence-corrected chi connectivity index (χ1v) is 9.87. The van der Waals surface area contributed by atoms with Crippen molar-refractivity contribution in [1.29, 1.82) is 0 Å². The zero-order chi connectivity index (χ0) is 15.0. The van der Waals surface area contributed by atoms with Crippen LogP contribution >= 0.6 is 0 Å². The summed E-state index contributed by atoms with van der Waals surface area (Å²) in [6.45, 7) is 6.89. The Kier molecular flexibility index (Phi) is 6.59. The van der Waals surface area contributed by atoms with Gasteiger partial charge in [-0.3, -0.25) is 0 Å². The predicted octanol–water partition coefficient (Wildman–Crippen LogP) is 2.88. The van der Waals surface area contributed by atoms with E-state index < -0.39 is 8.07 Å². The largest absolute Gasteiger partial charge is 0.464 e. The van der Waals surface area contributed by atoms with Gasteiger partial charge in [-0.15, -0.1) is 5.54 Å². The molecular weight excluding hydrogens is 272 g/mol. The smallest absolute Gasteiger partial charge is 0.188 e. The maximum Gasteiger partial charge on any atom is 0.188 e. The Morgan fingerprint density at radius 2 is 1.65 bits per heavy atom. The van der Waals surface area contributed by atoms with Crippen molar-refractivity contribution in [3.63, 3.8) is 0 Å². The summed E-state index contributed by atoms with van der Waals surface area (Å²) < 4.78 is 21.0. The van der Waals surface area contributed by atoms with Crippen LogP contribution < -0.4 is 9.47 Å². The minimum Gasteiger partial charge on any atom is -0.464 e. The molecule has 0 fully saturated rings. The van der Waals surface area contributed by atoms with E-state index in [0.29, 0.717) is 11.5 Å². The fourth-order valence-corrected chi connectivity index (χ4v) is 1.88. The van der Waals surface area contributed by atoms with Gasteiger partial charge in [-0.1, -0.05) is 31.6 Å². The highest BCUT2D eigenvalue weighted by atomic mass is 28.3. The highest BCUT2D eigenvalue weighted by Gasteiger charge is 2.12. The molecule has 0 spiro atoms. The summed E-state index contributed by atoms with van der Waals surface area (Å²) in [6.07, 6.45) is 0. The number of hydrogen-bond acceptors (Lipinski definition) is 4. The second-order valence-corrected chi connectivity index (χ2v) is 9.98. The summed E-state index contributed by atoms with van der Waals surface area (Å²) in [5, 5.41) is 0. The number of rotatable bonds is 6. The van der Waals surface area contributed by atoms with Crippen molar-refractivity contribution >= 4 is 8.07 Å². The standard InChI is InChI=1S/C15H22O4Si/c1-16-11-18-14-8-6-7-13(9-10-20(3,4)5)15(14)19-12-17-2/h6-8H,11-12H2,1-5H3. The van der Waals surface area contributed by atoms with Crippen LogP contribution in [0.1, 0.15) is 5.56 Å². The van der Waals surface area contributed by atoms with E-state index in [4.69, 9.17) is 18.9 Å². The molecular formula is C15H22O4Si. The lowest BCUT2D eigenvalue weighted by Crippen LogP contribution is -2.16. The van der Waals surface area contributed by atoms with E-state index in [1.54, 1.807) is 14.2 Å². The third-order valence-electron chi connectivity index (χ3n) is 2.20. The van der Waals surface area contributed by atoms with Crippen LogP contribution in [0, 0.1) is 11.5 Å². The molecule has 110 valence electrons. The molecule has 0 aliphatic carbocycles. The van der Waals surface area contributed by atoms with Gasteiger partial charge in [0.2, 0.25) is 0 Å². The van der Waals surface area contributed by atoms with E-state index in [2.05, 4.69) is 31.1 Å². The second-order valence-electron chi connectivity index (χ2n) is 5.23. The molecule has 0 aromatic heterocycles. The van der Waals surface area contributed by atoms with E-state index in [9.17, 15) is 0 Å². The van der Waals surface area contributed by atoms with Crippen molar-refractivity contribution in [1.82, 2.24) is 0 Å². The lowest BCUT2D eigenvalue weighted by molar-refractivity contribution is 0.0321. The zero-order valence-corrected chi connectivity index (χ0v) is 13.8. The normalized spacial score (nSPS) is 10.7. The highest BCUT2D eigenvalue weighted by molar-refractivity contribution is 6.83. The van der Waals surface area contributed by atoms with Crippen LogP contribution in [0.25, 0.3) is 0 Å². The Hall–Kier alpha value is -1.48. The van der Waals surface area contributed by atoms with E-state index in [1.165, 1.54) is 0 Å². The van der Waals surface area contributed by atoms with Gasteiger partial charge in [0.1, 0.15) is 8.07 Å². The number of methoxy groups -OCH3 is 2. The first kappa shape index (κ1) is 16.6. The van der Waals surface area contributed by atoms with Crippen molar-refractivity contribution < 1.29 is 18.9 Å². The number of hydrogen-bond donors (Lipinski definition) is 0. The number of benzene rings is 1. The van der Waals surface area contributed by atoms with Crippen molar-refractivity contribution in [3.8, 4) is 23.0 Å². The van der Waals surface area contributed by atoms with Crippen LogP contribution in [0.15, 0.2) is 18.2 Å². The predicted molar refractivity (Wildman–Crippen MR) is 81.7 cm³/mol. The Morgan fingerprint density at radius 1 is 1.00 bits per heavy atom. The van der Waals surface area contributed by atoms with Gasteiger partial charge in [-0.05, 0) is 12.1 Å². The topological polar surface area (TPSA) is 36.9 Å². The van der Waals surface area contributed by atoms with Crippen LogP contribution in [-0.4, -0.2) is 35.9 Å². The van der Waals surface area contributed by atoms with Crippen molar-refractivity contribution in [2.45, 2.75) is 19.6 Å². The minimum absolute atomic E-state index is 0.148. The molecule has 1 rings (SSSR count). The summed E-state index contributed by atoms with van der Waals surface area (Å²) in [5.41, 5.74) is 4.12. The van der Waals surface area contributed by atoms with Gasteiger partial charge >= 0.3 is 0 Å². The van der Waals surface area contributed by atoms with Gasteiger partial charge in [0.25, 0.3) is 0 Å². The maximum atomic E-state index is 5.59. The van der Waals surface area contributed by atoms with Gasteiger partial charge in [0.05, 0.1) is 5.56 Å². The lowest BCUT2D eigenvalue weighted by Gasteiger charge is -2.13. The Balaban J connectivity index is 3.10. The molecule has 0 amide bonds. The Bertz CT molecular complexity index is 483. The van der Waals surface area contributed by atoms with Crippen molar-refractivity contribution in [3.05, 3.63) is 23.8 Å². The van der Waals surface area contributed by atoms with Gasteiger partial charge < -0.3 is 18.9 Å². The minimum atomic E-state index is -1.45. The van der Waals surface area contributed by atoms with E-state index >= 15 is 0 Å². The van der Waals surface area contributed by atoms with Crippen molar-refractivity contribution in [2.75, 3.05) is 27.8 Å². The molecule has 5 heteroatoms. The molecule has 0 N–H and O–H groups in total. The first-order chi connectivity index (χ1) is 9.48. The molecule has 0 unspecified atom stereocenters. The maximum absolute atomic E-state index is 5.59. The van der Waals surface area contributed by atoms with Gasteiger partial charge in [0, 0.05) is 14.2 Å². The molecule has 0 aliphatic rings. The average Bonchev–Trinajstić information content (AvgIpc) is 2.40. The Morgan fingerprint density at radius 3 is 2.25 bits per heavy atom. The molecule has 0 atom stereocenters. The van der Waals surface area contributed by atoms with Crippen LogP contribution in [0.2, 0.25) is 19.6 Å². The third kappa shape index (κ3) is 5.66. The second kappa shape index (κ2) is 7.95. The van der Waals surface area contributed by atoms with Crippen LogP contribution in [-0.2, 0) is 9.47 Å². The molecule has 0 saturated carbocycles. The molecule has 0 aliphatic heterocycles. The van der Waals surface area contributed by atoms with Crippen molar-refractivity contribution in [2.24, 2.45) is 0 Å². The first-order valence-electron chi connectivity index (χ1n) is 6.37. The fourth-order valence-electron chi connectivity index (χ4n) is 1.37. The fraction of sp³-hybridized carbons (Fsp3) is 0.467. The molecule has 0 radical (unpaired) electrons. The lowest BCUT2D eigenvalue weighted by atomic mass is 10.2. The third-order valence-corrected chi connectivity index (χ3v) is 3.08. The SMILES string of the molecule is COCOc1cccc(C#C[Si](C)(C)C)c1OCOC. The molecule has 0 saturated heterocycles. The summed E-state index contributed by atoms with van der Waals surface area (Å²) in [4.78, 5) is 0. The monoisotopic (exact) mass is 294 g/mol. The summed E-state index contributed by atoms with van der Waals surface area (Å²) in [7, 11) is 1.70. The van der Waals surface area contributed by atoms with Gasteiger partial charge in [-0.2, -0.15) is 0 Å². The summed E-state index contributed by atoms with van der Waals surface area (Å²) in [5.74, 6) is 4.39. The summed E-state index contributed by atoms with van der Waals surface area (Å²) >= 11 is 0. The van der Waals surface area contributed by atoms with Crippen LogP contribution in [0.5, 0.6) is 11.5 Å². The van der Waals surface area contributed by atoms with E-state index in [1.807, 2.05) is 18.2 Å². The van der Waals surface area contributed by atoms with E-state index in [0.717, 1.165) is 5.56 Å². The van der Waals surface area contributed by atoms with Crippen LogP contribution in [0.3, 0.4) is 0 Å². The molecule has 1 aromatic rings. The molecule has 1 aromatic carbocycles. The van der Waals surface area contributed by atoms with Gasteiger partial charge in [0.15, 0.2) is 25.1 Å². The molecule has 4 nitrogen and oxygen atoms in total. The van der Waals surface area contributed by atoms with Gasteiger partial charge in [-0.25, -0.2) is 0 Å².